The largest absolute Gasteiger partial charge is 0.304 e. The zero-order valence-corrected chi connectivity index (χ0v) is 22.8. The molecule has 1 radical (unpaired) electrons. The molecule has 0 bridgehead atoms. The Bertz CT molecular complexity index is 1720. The summed E-state index contributed by atoms with van der Waals surface area (Å²) in [5.74, 6) is -0.183. The van der Waals surface area contributed by atoms with Crippen molar-refractivity contribution in [1.29, 1.82) is 0 Å². The van der Waals surface area contributed by atoms with Crippen LogP contribution in [0.4, 0.5) is 4.39 Å². The van der Waals surface area contributed by atoms with Gasteiger partial charge in [0.15, 0.2) is 0 Å². The number of hydrogen-bond donors (Lipinski definition) is 0. The SMILES string of the molecule is CC1(C)c2c([c-]ccc2F)-c2nccc3cccc1c23.[Ir].[c-]1ccccc1-c1nccc2ccccc12. The Balaban J connectivity index is 0.000000151. The molecular weight excluding hydrogens is 636 g/mol. The summed E-state index contributed by atoms with van der Waals surface area (Å²) in [5.41, 5.74) is 5.11. The first kappa shape index (κ1) is 25.0. The van der Waals surface area contributed by atoms with Gasteiger partial charge in [0.05, 0.1) is 0 Å². The molecule has 6 aromatic rings. The molecule has 7 rings (SSSR count). The van der Waals surface area contributed by atoms with Crippen molar-refractivity contribution in [1.82, 2.24) is 9.97 Å². The molecule has 0 saturated heterocycles. The zero-order chi connectivity index (χ0) is 24.7. The van der Waals surface area contributed by atoms with Crippen LogP contribution in [0, 0.1) is 17.9 Å². The maximum absolute atomic E-state index is 14.4. The van der Waals surface area contributed by atoms with Crippen LogP contribution in [0.1, 0.15) is 25.0 Å². The molecule has 0 aliphatic heterocycles. The quantitative estimate of drug-likeness (QED) is 0.167. The Morgan fingerprint density at radius 1 is 0.703 bits per heavy atom. The molecule has 1 aliphatic rings. The van der Waals surface area contributed by atoms with Gasteiger partial charge in [-0.3, -0.25) is 0 Å². The van der Waals surface area contributed by atoms with E-state index < -0.39 is 0 Å². The van der Waals surface area contributed by atoms with E-state index in [9.17, 15) is 4.39 Å². The Morgan fingerprint density at radius 2 is 1.43 bits per heavy atom. The van der Waals surface area contributed by atoms with Gasteiger partial charge >= 0.3 is 0 Å². The predicted octanol–water partition coefficient (Wildman–Crippen LogP) is 8.18. The minimum absolute atomic E-state index is 0. The van der Waals surface area contributed by atoms with Crippen LogP contribution < -0.4 is 0 Å². The second kappa shape index (κ2) is 9.97. The van der Waals surface area contributed by atoms with Crippen molar-refractivity contribution in [3.05, 3.63) is 132 Å². The Kier molecular flexibility index (Phi) is 6.72. The zero-order valence-electron chi connectivity index (χ0n) is 20.4. The van der Waals surface area contributed by atoms with Crippen molar-refractivity contribution in [2.75, 3.05) is 0 Å². The fourth-order valence-electron chi connectivity index (χ4n) is 5.22. The summed E-state index contributed by atoms with van der Waals surface area (Å²) in [6, 6.07) is 35.9. The van der Waals surface area contributed by atoms with Crippen LogP contribution >= 0.6 is 0 Å². The first-order chi connectivity index (χ1) is 17.6. The number of hydrogen-bond acceptors (Lipinski definition) is 2. The van der Waals surface area contributed by atoms with E-state index in [1.54, 1.807) is 12.3 Å². The number of aromatic nitrogens is 2. The molecule has 0 unspecified atom stereocenters. The van der Waals surface area contributed by atoms with Gasteiger partial charge in [-0.15, -0.1) is 59.7 Å². The van der Waals surface area contributed by atoms with Gasteiger partial charge in [-0.05, 0) is 56.0 Å². The smallest absolute Gasteiger partial charge is 0.0459 e. The summed E-state index contributed by atoms with van der Waals surface area (Å²) >= 11 is 0. The van der Waals surface area contributed by atoms with E-state index in [0.717, 1.165) is 38.9 Å². The number of benzene rings is 4. The van der Waals surface area contributed by atoms with Crippen LogP contribution in [0.5, 0.6) is 0 Å². The molecule has 0 amide bonds. The van der Waals surface area contributed by atoms with E-state index in [1.807, 2.05) is 60.8 Å². The van der Waals surface area contributed by atoms with Crippen molar-refractivity contribution in [3.63, 3.8) is 0 Å². The number of nitrogens with zero attached hydrogens (tertiary/aromatic N) is 2. The molecule has 0 N–H and O–H groups in total. The summed E-state index contributed by atoms with van der Waals surface area (Å²) in [4.78, 5) is 8.93. The first-order valence-corrected chi connectivity index (χ1v) is 12.0. The van der Waals surface area contributed by atoms with E-state index >= 15 is 0 Å². The van der Waals surface area contributed by atoms with Gasteiger partial charge in [0.1, 0.15) is 0 Å². The first-order valence-electron chi connectivity index (χ1n) is 12.0. The van der Waals surface area contributed by atoms with E-state index in [2.05, 4.69) is 60.2 Å². The van der Waals surface area contributed by atoms with Crippen LogP contribution in [-0.4, -0.2) is 9.97 Å². The number of fused-ring (bicyclic) bond motifs is 3. The standard InChI is InChI=1S/C18H13FN.C15H10N.Ir/c1-18(2)13-7-3-5-11-9-10-20-17(15(11)13)12-6-4-8-14(19)16(12)18;1-2-7-13(8-3-1)15-14-9-5-4-6-12(14)10-11-16-15;/h3-5,7-10H,1-2H3;1-7,9-11H;/q2*-1;. The van der Waals surface area contributed by atoms with Gasteiger partial charge in [-0.25, -0.2) is 4.39 Å². The van der Waals surface area contributed by atoms with Crippen LogP contribution in [-0.2, 0) is 25.5 Å². The Labute approximate surface area is 229 Å². The van der Waals surface area contributed by atoms with Gasteiger partial charge in [0, 0.05) is 38.3 Å². The summed E-state index contributed by atoms with van der Waals surface area (Å²) in [5, 5.41) is 4.65. The normalized spacial score (nSPS) is 12.7. The average Bonchev–Trinajstić information content (AvgIpc) is 2.92. The van der Waals surface area contributed by atoms with E-state index in [1.165, 1.54) is 16.8 Å². The average molecular weight is 659 g/mol. The van der Waals surface area contributed by atoms with Crippen molar-refractivity contribution in [2.24, 2.45) is 0 Å². The van der Waals surface area contributed by atoms with Gasteiger partial charge in [0.25, 0.3) is 0 Å². The predicted molar refractivity (Wildman–Crippen MR) is 144 cm³/mol. The molecule has 37 heavy (non-hydrogen) atoms. The molecule has 4 heteroatoms. The molecule has 183 valence electrons. The molecule has 2 heterocycles. The Hall–Kier alpha value is -3.72. The molecule has 0 fully saturated rings. The molecule has 2 aromatic heterocycles. The van der Waals surface area contributed by atoms with Crippen LogP contribution in [0.25, 0.3) is 44.1 Å². The minimum Gasteiger partial charge on any atom is -0.304 e. The number of pyridine rings is 2. The molecule has 0 spiro atoms. The maximum atomic E-state index is 14.4. The maximum Gasteiger partial charge on any atom is 0.0459 e. The monoisotopic (exact) mass is 659 g/mol. The summed E-state index contributed by atoms with van der Waals surface area (Å²) in [6.45, 7) is 4.13. The van der Waals surface area contributed by atoms with Gasteiger partial charge in [-0.1, -0.05) is 61.9 Å². The van der Waals surface area contributed by atoms with Crippen LogP contribution in [0.3, 0.4) is 0 Å². The van der Waals surface area contributed by atoms with Gasteiger partial charge in [-0.2, -0.15) is 0 Å². The molecule has 0 saturated carbocycles. The van der Waals surface area contributed by atoms with Crippen molar-refractivity contribution in [2.45, 2.75) is 19.3 Å². The second-order valence-corrected chi connectivity index (χ2v) is 9.42. The molecule has 4 aromatic carbocycles. The molecule has 0 atom stereocenters. The van der Waals surface area contributed by atoms with E-state index in [0.29, 0.717) is 5.56 Å². The molecular formula is C33H23FIrN2-2. The van der Waals surface area contributed by atoms with Crippen LogP contribution in [0.2, 0.25) is 0 Å². The summed E-state index contributed by atoms with van der Waals surface area (Å²) in [6.07, 6.45) is 3.63. The third-order valence-electron chi connectivity index (χ3n) is 6.91. The van der Waals surface area contributed by atoms with Crippen molar-refractivity contribution >= 4 is 21.5 Å². The molecule has 1 aliphatic carbocycles. The fourth-order valence-corrected chi connectivity index (χ4v) is 5.22. The van der Waals surface area contributed by atoms with Crippen molar-refractivity contribution in [3.8, 4) is 22.5 Å². The summed E-state index contributed by atoms with van der Waals surface area (Å²) < 4.78 is 14.4. The third-order valence-corrected chi connectivity index (χ3v) is 6.91. The van der Waals surface area contributed by atoms with Gasteiger partial charge < -0.3 is 9.97 Å². The third kappa shape index (κ3) is 4.27. The topological polar surface area (TPSA) is 25.8 Å². The number of halogens is 1. The molecule has 2 nitrogen and oxygen atoms in total. The number of rotatable bonds is 1. The Morgan fingerprint density at radius 3 is 2.24 bits per heavy atom. The summed E-state index contributed by atoms with van der Waals surface area (Å²) in [7, 11) is 0. The van der Waals surface area contributed by atoms with E-state index in [-0.39, 0.29) is 31.3 Å². The fraction of sp³-hybridized carbons (Fsp3) is 0.0909. The second-order valence-electron chi connectivity index (χ2n) is 9.42. The van der Waals surface area contributed by atoms with E-state index in [4.69, 9.17) is 0 Å². The van der Waals surface area contributed by atoms with Crippen LogP contribution in [0.15, 0.2) is 103 Å². The van der Waals surface area contributed by atoms with Crippen molar-refractivity contribution < 1.29 is 24.5 Å². The minimum atomic E-state index is -0.382. The van der Waals surface area contributed by atoms with Gasteiger partial charge in [0.2, 0.25) is 0 Å².